The molecule has 0 saturated carbocycles. The van der Waals surface area contributed by atoms with Gasteiger partial charge in [0.05, 0.1) is 5.41 Å². The third-order valence-corrected chi connectivity index (χ3v) is 5.55. The van der Waals surface area contributed by atoms with Crippen LogP contribution in [0.25, 0.3) is 11.1 Å². The first-order valence-electron chi connectivity index (χ1n) is 9.65. The largest absolute Gasteiger partial charge is 0.508 e. The molecule has 0 amide bonds. The molecule has 0 fully saturated rings. The molecule has 31 heavy (non-hydrogen) atoms. The molecule has 0 heterocycles. The quantitative estimate of drug-likeness (QED) is 0.299. The maximum absolute atomic E-state index is 9.85. The summed E-state index contributed by atoms with van der Waals surface area (Å²) < 4.78 is 0. The monoisotopic (exact) mass is 412 g/mol. The van der Waals surface area contributed by atoms with Gasteiger partial charge >= 0.3 is 6.16 Å². The molecule has 1 aliphatic carbocycles. The summed E-state index contributed by atoms with van der Waals surface area (Å²) in [5, 5.41) is 33.6. The van der Waals surface area contributed by atoms with Gasteiger partial charge in [0, 0.05) is 0 Å². The van der Waals surface area contributed by atoms with E-state index in [1.54, 1.807) is 24.3 Å². The first-order chi connectivity index (χ1) is 14.9. The third-order valence-electron chi connectivity index (χ3n) is 5.55. The Kier molecular flexibility index (Phi) is 5.09. The molecule has 4 N–H and O–H groups in total. The summed E-state index contributed by atoms with van der Waals surface area (Å²) >= 11 is 0. The summed E-state index contributed by atoms with van der Waals surface area (Å²) in [7, 11) is 0. The topological polar surface area (TPSA) is 98.0 Å². The van der Waals surface area contributed by atoms with E-state index < -0.39 is 11.6 Å². The molecule has 0 atom stereocenters. The van der Waals surface area contributed by atoms with Crippen LogP contribution in [0.15, 0.2) is 97.1 Å². The van der Waals surface area contributed by atoms with E-state index in [0.717, 1.165) is 11.1 Å². The van der Waals surface area contributed by atoms with E-state index in [4.69, 9.17) is 15.0 Å². The molecule has 1 aliphatic rings. The number of phenols is 2. The van der Waals surface area contributed by atoms with Gasteiger partial charge in [0.25, 0.3) is 0 Å². The SMILES string of the molecule is O=C(O)O.Oc1ccc(C2(c3ccc(O)cc3)c3ccccc3-c3ccccc32)cc1. The van der Waals surface area contributed by atoms with Crippen molar-refractivity contribution < 1.29 is 25.2 Å². The second-order valence-electron chi connectivity index (χ2n) is 7.22. The van der Waals surface area contributed by atoms with Gasteiger partial charge in [-0.25, -0.2) is 4.79 Å². The van der Waals surface area contributed by atoms with Gasteiger partial charge in [-0.15, -0.1) is 0 Å². The Morgan fingerprint density at radius 1 is 0.548 bits per heavy atom. The van der Waals surface area contributed by atoms with Crippen molar-refractivity contribution in [3.63, 3.8) is 0 Å². The van der Waals surface area contributed by atoms with Crippen LogP contribution < -0.4 is 0 Å². The lowest BCUT2D eigenvalue weighted by Gasteiger charge is -2.33. The normalized spacial score (nSPS) is 12.8. The van der Waals surface area contributed by atoms with Crippen molar-refractivity contribution >= 4 is 6.16 Å². The molecule has 0 aromatic heterocycles. The van der Waals surface area contributed by atoms with Crippen LogP contribution in [-0.4, -0.2) is 26.6 Å². The van der Waals surface area contributed by atoms with Crippen molar-refractivity contribution in [2.45, 2.75) is 5.41 Å². The molecule has 0 spiro atoms. The molecule has 4 aromatic rings. The fourth-order valence-electron chi connectivity index (χ4n) is 4.45. The molecule has 154 valence electrons. The number of phenolic OH excluding ortho intramolecular Hbond substituents is 2. The Hall–Kier alpha value is -4.25. The molecule has 0 saturated heterocycles. The molecule has 0 unspecified atom stereocenters. The molecule has 0 bridgehead atoms. The van der Waals surface area contributed by atoms with E-state index >= 15 is 0 Å². The standard InChI is InChI=1S/C25H18O2.CH2O3/c26-19-13-9-17(10-14-19)25(18-11-15-20(27)16-12-18)23-7-3-1-5-21(23)22-6-2-4-8-24(22)25;2-1(3)4/h1-16,26-27H;(H2,2,3,4). The van der Waals surface area contributed by atoms with E-state index in [9.17, 15) is 10.2 Å². The minimum atomic E-state index is -1.83. The molecule has 4 aromatic carbocycles. The zero-order valence-electron chi connectivity index (χ0n) is 16.4. The lowest BCUT2D eigenvalue weighted by atomic mass is 9.68. The van der Waals surface area contributed by atoms with Gasteiger partial charge in [0.2, 0.25) is 0 Å². The molecular weight excluding hydrogens is 392 g/mol. The number of rotatable bonds is 2. The summed E-state index contributed by atoms with van der Waals surface area (Å²) in [5.74, 6) is 0.498. The Morgan fingerprint density at radius 3 is 1.23 bits per heavy atom. The highest BCUT2D eigenvalue weighted by Crippen LogP contribution is 2.56. The van der Waals surface area contributed by atoms with Gasteiger partial charge in [-0.2, -0.15) is 0 Å². The van der Waals surface area contributed by atoms with Crippen molar-refractivity contribution in [3.05, 3.63) is 119 Å². The predicted molar refractivity (Wildman–Crippen MR) is 118 cm³/mol. The molecule has 0 radical (unpaired) electrons. The maximum Gasteiger partial charge on any atom is 0.503 e. The van der Waals surface area contributed by atoms with Crippen molar-refractivity contribution in [2.24, 2.45) is 0 Å². The summed E-state index contributed by atoms with van der Waals surface area (Å²) in [5.41, 5.74) is 6.54. The Labute approximate surface area is 179 Å². The zero-order valence-corrected chi connectivity index (χ0v) is 16.4. The number of aromatic hydroxyl groups is 2. The van der Waals surface area contributed by atoms with E-state index in [1.807, 2.05) is 24.3 Å². The number of hydrogen-bond donors (Lipinski definition) is 4. The minimum Gasteiger partial charge on any atom is -0.508 e. The number of benzene rings is 4. The average molecular weight is 412 g/mol. The van der Waals surface area contributed by atoms with Crippen molar-refractivity contribution in [2.75, 3.05) is 0 Å². The van der Waals surface area contributed by atoms with Crippen molar-refractivity contribution in [1.82, 2.24) is 0 Å². The highest BCUT2D eigenvalue weighted by molar-refractivity contribution is 5.86. The van der Waals surface area contributed by atoms with Crippen molar-refractivity contribution in [3.8, 4) is 22.6 Å². The smallest absolute Gasteiger partial charge is 0.503 e. The van der Waals surface area contributed by atoms with Crippen molar-refractivity contribution in [1.29, 1.82) is 0 Å². The fourth-order valence-corrected chi connectivity index (χ4v) is 4.45. The summed E-state index contributed by atoms with van der Waals surface area (Å²) in [6.45, 7) is 0. The summed E-state index contributed by atoms with van der Waals surface area (Å²) in [6, 6.07) is 31.9. The van der Waals surface area contributed by atoms with Crippen LogP contribution in [0.3, 0.4) is 0 Å². The molecule has 5 rings (SSSR count). The van der Waals surface area contributed by atoms with Gasteiger partial charge < -0.3 is 20.4 Å². The van der Waals surface area contributed by atoms with E-state index in [0.29, 0.717) is 0 Å². The number of hydrogen-bond acceptors (Lipinski definition) is 3. The Morgan fingerprint density at radius 2 is 0.871 bits per heavy atom. The Balaban J connectivity index is 0.000000535. The number of carboxylic acid groups (broad SMARTS) is 2. The minimum absolute atomic E-state index is 0.249. The van der Waals surface area contributed by atoms with Gasteiger partial charge in [0.15, 0.2) is 0 Å². The molecular formula is C26H20O5. The lowest BCUT2D eigenvalue weighted by molar-refractivity contribution is 0.137. The van der Waals surface area contributed by atoms with Gasteiger partial charge in [0.1, 0.15) is 11.5 Å². The Bertz CT molecular complexity index is 1130. The van der Waals surface area contributed by atoms with Crippen LogP contribution in [0.4, 0.5) is 4.79 Å². The zero-order chi connectivity index (χ0) is 22.0. The van der Waals surface area contributed by atoms with Crippen LogP contribution in [0, 0.1) is 0 Å². The van der Waals surface area contributed by atoms with Gasteiger partial charge in [-0.1, -0.05) is 72.8 Å². The fraction of sp³-hybridized carbons (Fsp3) is 0.0385. The average Bonchev–Trinajstić information content (AvgIpc) is 3.06. The number of carbonyl (C=O) groups is 1. The highest BCUT2D eigenvalue weighted by atomic mass is 16.6. The van der Waals surface area contributed by atoms with E-state index in [-0.39, 0.29) is 11.5 Å². The second kappa shape index (κ2) is 7.88. The van der Waals surface area contributed by atoms with Crippen LogP contribution in [0.5, 0.6) is 11.5 Å². The number of fused-ring (bicyclic) bond motifs is 3. The van der Waals surface area contributed by atoms with Crippen LogP contribution in [0.2, 0.25) is 0 Å². The third kappa shape index (κ3) is 3.36. The van der Waals surface area contributed by atoms with Crippen LogP contribution >= 0.6 is 0 Å². The summed E-state index contributed by atoms with van der Waals surface area (Å²) in [4.78, 5) is 8.56. The summed E-state index contributed by atoms with van der Waals surface area (Å²) in [6.07, 6.45) is -1.83. The van der Waals surface area contributed by atoms with Gasteiger partial charge in [-0.05, 0) is 57.6 Å². The lowest BCUT2D eigenvalue weighted by Crippen LogP contribution is -2.28. The maximum atomic E-state index is 9.85. The molecule has 5 nitrogen and oxygen atoms in total. The van der Waals surface area contributed by atoms with E-state index in [2.05, 4.69) is 48.5 Å². The predicted octanol–water partition coefficient (Wildman–Crippen LogP) is 5.68. The van der Waals surface area contributed by atoms with Crippen LogP contribution in [-0.2, 0) is 5.41 Å². The highest BCUT2D eigenvalue weighted by Gasteiger charge is 2.45. The molecule has 0 aliphatic heterocycles. The van der Waals surface area contributed by atoms with Crippen LogP contribution in [0.1, 0.15) is 22.3 Å². The van der Waals surface area contributed by atoms with Gasteiger partial charge in [-0.3, -0.25) is 0 Å². The molecule has 5 heteroatoms. The second-order valence-corrected chi connectivity index (χ2v) is 7.22. The first-order valence-corrected chi connectivity index (χ1v) is 9.65. The van der Waals surface area contributed by atoms with E-state index in [1.165, 1.54) is 22.3 Å². The first kappa shape index (κ1) is 20.0.